The first-order valence-corrected chi connectivity index (χ1v) is 8.17. The Morgan fingerprint density at radius 2 is 1.65 bits per heavy atom. The lowest BCUT2D eigenvalue weighted by atomic mass is 9.97. The smallest absolute Gasteiger partial charge is 0.321 e. The molecule has 1 atom stereocenters. The standard InChI is InChI=1S/C18H26N2O3/c1-13(2)14-4-6-15(7-5-14)17(21)12-16(18(22)23)20-10-8-19(3)9-11-20/h4-7,13,16H,8-12H2,1-3H3,(H,22,23). The molecular formula is C18H26N2O3. The predicted molar refractivity (Wildman–Crippen MR) is 90.0 cm³/mol. The summed E-state index contributed by atoms with van der Waals surface area (Å²) in [7, 11) is 2.02. The van der Waals surface area contributed by atoms with Crippen molar-refractivity contribution in [1.29, 1.82) is 0 Å². The molecule has 1 unspecified atom stereocenters. The van der Waals surface area contributed by atoms with Crippen molar-refractivity contribution in [2.75, 3.05) is 33.2 Å². The Balaban J connectivity index is 2.04. The van der Waals surface area contributed by atoms with Crippen LogP contribution in [0.15, 0.2) is 24.3 Å². The molecule has 1 fully saturated rings. The van der Waals surface area contributed by atoms with Gasteiger partial charge < -0.3 is 10.0 Å². The number of carboxylic acids is 1. The second kappa shape index (κ2) is 7.70. The molecule has 1 aliphatic rings. The Bertz CT molecular complexity index is 546. The predicted octanol–water partition coefficient (Wildman–Crippen LogP) is 2.08. The average molecular weight is 318 g/mol. The summed E-state index contributed by atoms with van der Waals surface area (Å²) in [6, 6.07) is 6.77. The molecule has 1 heterocycles. The molecule has 1 saturated heterocycles. The van der Waals surface area contributed by atoms with Gasteiger partial charge in [-0.15, -0.1) is 0 Å². The van der Waals surface area contributed by atoms with Gasteiger partial charge in [0, 0.05) is 38.2 Å². The van der Waals surface area contributed by atoms with E-state index in [-0.39, 0.29) is 12.2 Å². The first-order chi connectivity index (χ1) is 10.9. The normalized spacial score (nSPS) is 18.1. The summed E-state index contributed by atoms with van der Waals surface area (Å²) in [6.45, 7) is 7.25. The maximum Gasteiger partial charge on any atom is 0.321 e. The van der Waals surface area contributed by atoms with Gasteiger partial charge in [0.1, 0.15) is 6.04 Å². The van der Waals surface area contributed by atoms with E-state index in [2.05, 4.69) is 18.7 Å². The van der Waals surface area contributed by atoms with Crippen molar-refractivity contribution < 1.29 is 14.7 Å². The number of hydrogen-bond acceptors (Lipinski definition) is 4. The molecule has 0 bridgehead atoms. The van der Waals surface area contributed by atoms with E-state index in [0.29, 0.717) is 24.6 Å². The zero-order valence-corrected chi connectivity index (χ0v) is 14.2. The third kappa shape index (κ3) is 4.62. The van der Waals surface area contributed by atoms with Crippen LogP contribution in [0.25, 0.3) is 0 Å². The van der Waals surface area contributed by atoms with Crippen molar-refractivity contribution in [3.8, 4) is 0 Å². The van der Waals surface area contributed by atoms with Crippen LogP contribution < -0.4 is 0 Å². The third-order valence-electron chi connectivity index (χ3n) is 4.54. The molecule has 23 heavy (non-hydrogen) atoms. The number of carbonyl (C=O) groups is 2. The minimum atomic E-state index is -0.915. The molecule has 0 radical (unpaired) electrons. The number of nitrogens with zero attached hydrogens (tertiary/aromatic N) is 2. The molecule has 5 heteroatoms. The fourth-order valence-corrected chi connectivity index (χ4v) is 2.85. The van der Waals surface area contributed by atoms with E-state index in [9.17, 15) is 14.7 Å². The molecule has 0 amide bonds. The van der Waals surface area contributed by atoms with Gasteiger partial charge in [-0.1, -0.05) is 38.1 Å². The number of benzene rings is 1. The Morgan fingerprint density at radius 1 is 1.09 bits per heavy atom. The Morgan fingerprint density at radius 3 is 2.13 bits per heavy atom. The number of hydrogen-bond donors (Lipinski definition) is 1. The van der Waals surface area contributed by atoms with Crippen LogP contribution in [0.1, 0.15) is 42.1 Å². The van der Waals surface area contributed by atoms with Gasteiger partial charge in [-0.3, -0.25) is 14.5 Å². The molecule has 0 saturated carbocycles. The Hall–Kier alpha value is -1.72. The zero-order chi connectivity index (χ0) is 17.0. The monoisotopic (exact) mass is 318 g/mol. The summed E-state index contributed by atoms with van der Waals surface area (Å²) in [6.07, 6.45) is 0.0279. The number of rotatable bonds is 6. The number of likely N-dealkylation sites (N-methyl/N-ethyl adjacent to an activating group) is 1. The quantitative estimate of drug-likeness (QED) is 0.814. The SMILES string of the molecule is CC(C)c1ccc(C(=O)CC(C(=O)O)N2CCN(C)CC2)cc1. The molecule has 1 aliphatic heterocycles. The maximum absolute atomic E-state index is 12.4. The highest BCUT2D eigenvalue weighted by Gasteiger charge is 2.30. The van der Waals surface area contributed by atoms with Gasteiger partial charge in [-0.2, -0.15) is 0 Å². The molecule has 126 valence electrons. The lowest BCUT2D eigenvalue weighted by molar-refractivity contribution is -0.143. The van der Waals surface area contributed by atoms with E-state index in [4.69, 9.17) is 0 Å². The van der Waals surface area contributed by atoms with E-state index < -0.39 is 12.0 Å². The fraction of sp³-hybridized carbons (Fsp3) is 0.556. The van der Waals surface area contributed by atoms with Gasteiger partial charge in [0.2, 0.25) is 0 Å². The summed E-state index contributed by atoms with van der Waals surface area (Å²) in [5, 5.41) is 9.50. The van der Waals surface area contributed by atoms with E-state index in [0.717, 1.165) is 13.1 Å². The minimum absolute atomic E-state index is 0.0279. The lowest BCUT2D eigenvalue weighted by Crippen LogP contribution is -2.52. The molecular weight excluding hydrogens is 292 g/mol. The topological polar surface area (TPSA) is 60.9 Å². The molecule has 1 N–H and O–H groups in total. The van der Waals surface area contributed by atoms with Gasteiger partial charge in [0.15, 0.2) is 5.78 Å². The van der Waals surface area contributed by atoms with E-state index in [1.54, 1.807) is 12.1 Å². The molecule has 1 aromatic carbocycles. The number of carboxylic acid groups (broad SMARTS) is 1. The summed E-state index contributed by atoms with van der Waals surface area (Å²) in [4.78, 5) is 28.1. The van der Waals surface area contributed by atoms with Gasteiger partial charge in [0.05, 0.1) is 0 Å². The summed E-state index contributed by atoms with van der Waals surface area (Å²) >= 11 is 0. The zero-order valence-electron chi connectivity index (χ0n) is 14.2. The lowest BCUT2D eigenvalue weighted by Gasteiger charge is -2.35. The highest BCUT2D eigenvalue weighted by Crippen LogP contribution is 2.17. The van der Waals surface area contributed by atoms with Crippen LogP contribution in [0.5, 0.6) is 0 Å². The molecule has 2 rings (SSSR count). The first kappa shape index (κ1) is 17.6. The maximum atomic E-state index is 12.4. The largest absolute Gasteiger partial charge is 0.480 e. The molecule has 5 nitrogen and oxygen atoms in total. The Kier molecular flexibility index (Phi) is 5.91. The summed E-state index contributed by atoms with van der Waals surface area (Å²) in [5.74, 6) is -0.607. The fourth-order valence-electron chi connectivity index (χ4n) is 2.85. The average Bonchev–Trinajstić information content (AvgIpc) is 2.53. The molecule has 0 spiro atoms. The molecule has 0 aliphatic carbocycles. The van der Waals surface area contributed by atoms with Crippen LogP contribution in [0.2, 0.25) is 0 Å². The first-order valence-electron chi connectivity index (χ1n) is 8.17. The van der Waals surface area contributed by atoms with Crippen molar-refractivity contribution in [3.05, 3.63) is 35.4 Å². The van der Waals surface area contributed by atoms with Crippen molar-refractivity contribution >= 4 is 11.8 Å². The number of Topliss-reactive ketones (excluding diaryl/α,β-unsaturated/α-hetero) is 1. The third-order valence-corrected chi connectivity index (χ3v) is 4.54. The Labute approximate surface area is 137 Å². The van der Waals surface area contributed by atoms with Crippen molar-refractivity contribution in [2.24, 2.45) is 0 Å². The highest BCUT2D eigenvalue weighted by atomic mass is 16.4. The minimum Gasteiger partial charge on any atom is -0.480 e. The van der Waals surface area contributed by atoms with Crippen LogP contribution in [0.3, 0.4) is 0 Å². The molecule has 1 aromatic rings. The van der Waals surface area contributed by atoms with Crippen molar-refractivity contribution in [3.63, 3.8) is 0 Å². The second-order valence-corrected chi connectivity index (χ2v) is 6.60. The number of ketones is 1. The van der Waals surface area contributed by atoms with E-state index in [1.165, 1.54) is 5.56 Å². The molecule has 0 aromatic heterocycles. The van der Waals surface area contributed by atoms with Crippen LogP contribution in [-0.2, 0) is 4.79 Å². The van der Waals surface area contributed by atoms with Crippen molar-refractivity contribution in [2.45, 2.75) is 32.2 Å². The van der Waals surface area contributed by atoms with Crippen LogP contribution in [0.4, 0.5) is 0 Å². The van der Waals surface area contributed by atoms with E-state index >= 15 is 0 Å². The van der Waals surface area contributed by atoms with Crippen molar-refractivity contribution in [1.82, 2.24) is 9.80 Å². The van der Waals surface area contributed by atoms with Crippen LogP contribution >= 0.6 is 0 Å². The summed E-state index contributed by atoms with van der Waals surface area (Å²) < 4.78 is 0. The number of carbonyl (C=O) groups excluding carboxylic acids is 1. The van der Waals surface area contributed by atoms with Gasteiger partial charge in [0.25, 0.3) is 0 Å². The number of piperazine rings is 1. The summed E-state index contributed by atoms with van der Waals surface area (Å²) in [5.41, 5.74) is 1.77. The van der Waals surface area contributed by atoms with Gasteiger partial charge in [-0.25, -0.2) is 0 Å². The highest BCUT2D eigenvalue weighted by molar-refractivity contribution is 5.98. The van der Waals surface area contributed by atoms with Crippen LogP contribution in [-0.4, -0.2) is 65.9 Å². The van der Waals surface area contributed by atoms with Gasteiger partial charge >= 0.3 is 5.97 Å². The van der Waals surface area contributed by atoms with Crippen LogP contribution in [0, 0.1) is 0 Å². The van der Waals surface area contributed by atoms with Gasteiger partial charge in [-0.05, 0) is 18.5 Å². The van der Waals surface area contributed by atoms with E-state index in [1.807, 2.05) is 24.1 Å². The second-order valence-electron chi connectivity index (χ2n) is 6.60. The number of aliphatic carboxylic acids is 1.